The normalized spacial score (nSPS) is 24.6. The number of thioether (sulfide) groups is 1. The van der Waals surface area contributed by atoms with Crippen LogP contribution in [0.3, 0.4) is 0 Å². The molecule has 0 radical (unpaired) electrons. The average Bonchev–Trinajstić information content (AvgIpc) is 3.47. The highest BCUT2D eigenvalue weighted by Crippen LogP contribution is 2.47. The first-order valence-electron chi connectivity index (χ1n) is 9.27. The van der Waals surface area contributed by atoms with Crippen LogP contribution < -0.4 is 16.1 Å². The molecule has 3 heterocycles. The van der Waals surface area contributed by atoms with Gasteiger partial charge in [-0.15, -0.1) is 11.8 Å². The van der Waals surface area contributed by atoms with Crippen LogP contribution in [0.25, 0.3) is 10.9 Å². The topological polar surface area (TPSA) is 88.6 Å². The first-order valence-corrected chi connectivity index (χ1v) is 10.3. The van der Waals surface area contributed by atoms with Crippen molar-refractivity contribution in [2.45, 2.75) is 48.7 Å². The number of pyridine rings is 1. The van der Waals surface area contributed by atoms with Gasteiger partial charge in [0.1, 0.15) is 11.4 Å². The summed E-state index contributed by atoms with van der Waals surface area (Å²) in [5.74, 6) is -0.998. The summed E-state index contributed by atoms with van der Waals surface area (Å²) < 4.78 is 17.1. The fourth-order valence-electron chi connectivity index (χ4n) is 4.39. The van der Waals surface area contributed by atoms with E-state index in [1.165, 1.54) is 24.0 Å². The lowest BCUT2D eigenvalue weighted by atomic mass is 9.96. The molecule has 27 heavy (non-hydrogen) atoms. The van der Waals surface area contributed by atoms with E-state index in [0.717, 1.165) is 42.9 Å². The Balaban J connectivity index is 1.82. The number of aromatic nitrogens is 1. The van der Waals surface area contributed by atoms with Gasteiger partial charge in [-0.3, -0.25) is 4.79 Å². The Hall–Kier alpha value is -2.06. The maximum Gasteiger partial charge on any atom is 0.341 e. The molecule has 1 aliphatic carbocycles. The molecule has 5 rings (SSSR count). The SMILES string of the molecule is NC1CCCN2c3c(F)cc4c(=O)c(C(=O)O)cn(C5CC5)c4c3SCC12. The smallest absolute Gasteiger partial charge is 0.341 e. The van der Waals surface area contributed by atoms with Gasteiger partial charge in [-0.2, -0.15) is 0 Å². The fourth-order valence-corrected chi connectivity index (χ4v) is 5.86. The highest BCUT2D eigenvalue weighted by atomic mass is 32.2. The first-order chi connectivity index (χ1) is 13.0. The second-order valence-electron chi connectivity index (χ2n) is 7.63. The molecule has 1 saturated carbocycles. The van der Waals surface area contributed by atoms with Gasteiger partial charge in [-0.1, -0.05) is 0 Å². The summed E-state index contributed by atoms with van der Waals surface area (Å²) in [6, 6.07) is 1.49. The molecule has 1 aromatic heterocycles. The molecule has 0 bridgehead atoms. The number of carboxylic acids is 1. The van der Waals surface area contributed by atoms with Crippen molar-refractivity contribution < 1.29 is 14.3 Å². The lowest BCUT2D eigenvalue weighted by Crippen LogP contribution is -2.55. The first kappa shape index (κ1) is 17.1. The van der Waals surface area contributed by atoms with Crippen LogP contribution in [0.5, 0.6) is 0 Å². The maximum atomic E-state index is 15.2. The molecular weight excluding hydrogens is 369 g/mol. The minimum atomic E-state index is -1.27. The van der Waals surface area contributed by atoms with Crippen molar-refractivity contribution in [2.24, 2.45) is 5.73 Å². The number of carboxylic acid groups (broad SMARTS) is 1. The Labute approximate surface area is 159 Å². The number of hydrogen-bond donors (Lipinski definition) is 2. The van der Waals surface area contributed by atoms with Crippen molar-refractivity contribution in [3.05, 3.63) is 33.9 Å². The van der Waals surface area contributed by atoms with Gasteiger partial charge in [0.05, 0.1) is 27.5 Å². The van der Waals surface area contributed by atoms with E-state index >= 15 is 4.39 Å². The van der Waals surface area contributed by atoms with Gasteiger partial charge in [0, 0.05) is 30.6 Å². The molecule has 1 saturated heterocycles. The summed E-state index contributed by atoms with van der Waals surface area (Å²) in [5, 5.41) is 9.57. The van der Waals surface area contributed by atoms with Gasteiger partial charge < -0.3 is 20.3 Å². The molecular formula is C19H20FN3O3S. The summed E-state index contributed by atoms with van der Waals surface area (Å²) in [6.07, 6.45) is 5.15. The molecule has 0 amide bonds. The number of benzene rings is 1. The molecule has 3 aliphatic rings. The van der Waals surface area contributed by atoms with E-state index in [0.29, 0.717) is 11.2 Å². The van der Waals surface area contributed by atoms with Crippen LogP contribution in [-0.4, -0.2) is 40.0 Å². The molecule has 142 valence electrons. The predicted octanol–water partition coefficient (Wildman–Crippen LogP) is 2.58. The molecule has 6 nitrogen and oxygen atoms in total. The van der Waals surface area contributed by atoms with Crippen LogP contribution in [0.1, 0.15) is 42.1 Å². The summed E-state index contributed by atoms with van der Waals surface area (Å²) in [6.45, 7) is 0.745. The highest BCUT2D eigenvalue weighted by Gasteiger charge is 2.38. The van der Waals surface area contributed by atoms with Crippen LogP contribution in [-0.2, 0) is 0 Å². The highest BCUT2D eigenvalue weighted by molar-refractivity contribution is 7.99. The number of fused-ring (bicyclic) bond motifs is 5. The summed E-state index contributed by atoms with van der Waals surface area (Å²) in [5.41, 5.74) is 6.56. The van der Waals surface area contributed by atoms with Crippen LogP contribution in [0, 0.1) is 5.82 Å². The standard InChI is InChI=1S/C19H20FN3O3S/c20-12-6-10-15(23(9-3-4-9)7-11(17(10)24)19(25)26)18-16(12)22-5-1-2-13(21)14(22)8-27-18/h6-7,9,13-14H,1-5,8,21H2,(H,25,26). The van der Waals surface area contributed by atoms with Crippen molar-refractivity contribution in [3.8, 4) is 0 Å². The van der Waals surface area contributed by atoms with Crippen molar-refractivity contribution in [1.82, 2.24) is 4.57 Å². The molecule has 8 heteroatoms. The van der Waals surface area contributed by atoms with Crippen molar-refractivity contribution in [2.75, 3.05) is 17.2 Å². The molecule has 1 aromatic carbocycles. The second kappa shape index (κ2) is 5.97. The molecule has 2 fully saturated rings. The molecule has 2 aliphatic heterocycles. The second-order valence-corrected chi connectivity index (χ2v) is 8.66. The minimum absolute atomic E-state index is 0.00880. The van der Waals surface area contributed by atoms with Gasteiger partial charge >= 0.3 is 5.97 Å². The van der Waals surface area contributed by atoms with Crippen molar-refractivity contribution in [1.29, 1.82) is 0 Å². The lowest BCUT2D eigenvalue weighted by Gasteiger charge is -2.45. The maximum absolute atomic E-state index is 15.2. The minimum Gasteiger partial charge on any atom is -0.477 e. The number of carbonyl (C=O) groups is 1. The van der Waals surface area contributed by atoms with E-state index in [9.17, 15) is 14.7 Å². The lowest BCUT2D eigenvalue weighted by molar-refractivity contribution is 0.0695. The molecule has 0 spiro atoms. The van der Waals surface area contributed by atoms with E-state index in [4.69, 9.17) is 5.73 Å². The van der Waals surface area contributed by atoms with Crippen molar-refractivity contribution in [3.63, 3.8) is 0 Å². The average molecular weight is 389 g/mol. The summed E-state index contributed by atoms with van der Waals surface area (Å²) >= 11 is 1.54. The van der Waals surface area contributed by atoms with Gasteiger partial charge in [-0.25, -0.2) is 9.18 Å². The molecule has 2 aromatic rings. The molecule has 2 atom stereocenters. The summed E-state index contributed by atoms with van der Waals surface area (Å²) in [7, 11) is 0. The van der Waals surface area contributed by atoms with Gasteiger partial charge in [-0.05, 0) is 31.7 Å². The number of aromatic carboxylic acids is 1. The van der Waals surface area contributed by atoms with Crippen molar-refractivity contribution >= 4 is 34.3 Å². The van der Waals surface area contributed by atoms with E-state index in [1.54, 1.807) is 0 Å². The Morgan fingerprint density at radius 1 is 1.33 bits per heavy atom. The third-order valence-corrected chi connectivity index (χ3v) is 7.07. The van der Waals surface area contributed by atoms with Gasteiger partial charge in [0.2, 0.25) is 5.43 Å². The zero-order chi connectivity index (χ0) is 18.9. The number of hydrogen-bond acceptors (Lipinski definition) is 5. The van der Waals surface area contributed by atoms with E-state index in [-0.39, 0.29) is 29.1 Å². The fraction of sp³-hybridized carbons (Fsp3) is 0.474. The van der Waals surface area contributed by atoms with Crippen LogP contribution in [0.4, 0.5) is 10.1 Å². The zero-order valence-electron chi connectivity index (χ0n) is 14.7. The van der Waals surface area contributed by atoms with Gasteiger partial charge in [0.25, 0.3) is 0 Å². The molecule has 2 unspecified atom stereocenters. The Morgan fingerprint density at radius 3 is 2.81 bits per heavy atom. The number of nitrogens with zero attached hydrogens (tertiary/aromatic N) is 2. The number of nitrogens with two attached hydrogens (primary N) is 1. The van der Waals surface area contributed by atoms with Crippen LogP contribution >= 0.6 is 11.8 Å². The zero-order valence-corrected chi connectivity index (χ0v) is 15.5. The third-order valence-electron chi connectivity index (χ3n) is 5.89. The van der Waals surface area contributed by atoms with E-state index in [2.05, 4.69) is 4.90 Å². The Kier molecular flexibility index (Phi) is 3.77. The van der Waals surface area contributed by atoms with Crippen LogP contribution in [0.2, 0.25) is 0 Å². The Morgan fingerprint density at radius 2 is 2.11 bits per heavy atom. The Bertz CT molecular complexity index is 1030. The van der Waals surface area contributed by atoms with E-state index in [1.807, 2.05) is 4.57 Å². The largest absolute Gasteiger partial charge is 0.477 e. The molecule has 3 N–H and O–H groups in total. The van der Waals surface area contributed by atoms with Gasteiger partial charge in [0.15, 0.2) is 0 Å². The summed E-state index contributed by atoms with van der Waals surface area (Å²) in [4.78, 5) is 27.1. The number of anilines is 1. The third kappa shape index (κ3) is 2.50. The number of halogens is 1. The number of rotatable bonds is 2. The van der Waals surface area contributed by atoms with Crippen LogP contribution in [0.15, 0.2) is 22.0 Å². The number of piperidine rings is 1. The predicted molar refractivity (Wildman–Crippen MR) is 102 cm³/mol. The quantitative estimate of drug-likeness (QED) is 0.821. The van der Waals surface area contributed by atoms with E-state index < -0.39 is 17.2 Å². The monoisotopic (exact) mass is 389 g/mol.